The maximum Gasteiger partial charge on any atom is 0.250 e. The average molecular weight is 357 g/mol. The molecular formula is C14H10Cl2N2OS2. The zero-order valence-electron chi connectivity index (χ0n) is 10.6. The molecule has 0 fully saturated rings. The highest BCUT2D eigenvalue weighted by Gasteiger charge is 2.05. The fourth-order valence-corrected chi connectivity index (χ4v) is 2.73. The number of nitrogens with one attached hydrogen (secondary N) is 2. The molecule has 0 unspecified atom stereocenters. The number of halogens is 2. The summed E-state index contributed by atoms with van der Waals surface area (Å²) in [6, 6.07) is 8.78. The van der Waals surface area contributed by atoms with Crippen molar-refractivity contribution < 1.29 is 4.79 Å². The summed E-state index contributed by atoms with van der Waals surface area (Å²) in [6.07, 6.45) is 3.14. The van der Waals surface area contributed by atoms with Gasteiger partial charge in [0.2, 0.25) is 5.91 Å². The lowest BCUT2D eigenvalue weighted by Crippen LogP contribution is -2.32. The first-order valence-electron chi connectivity index (χ1n) is 5.83. The van der Waals surface area contributed by atoms with E-state index in [9.17, 15) is 4.79 Å². The van der Waals surface area contributed by atoms with Gasteiger partial charge in [0.05, 0.1) is 10.7 Å². The van der Waals surface area contributed by atoms with Crippen molar-refractivity contribution in [2.45, 2.75) is 0 Å². The third-order valence-corrected chi connectivity index (χ3v) is 3.95. The van der Waals surface area contributed by atoms with Gasteiger partial charge >= 0.3 is 0 Å². The van der Waals surface area contributed by atoms with Gasteiger partial charge in [-0.05, 0) is 47.9 Å². The first-order chi connectivity index (χ1) is 10.0. The van der Waals surface area contributed by atoms with Crippen LogP contribution in [0.1, 0.15) is 4.88 Å². The van der Waals surface area contributed by atoms with Gasteiger partial charge in [-0.3, -0.25) is 10.1 Å². The van der Waals surface area contributed by atoms with Gasteiger partial charge in [-0.25, -0.2) is 0 Å². The molecular weight excluding hydrogens is 347 g/mol. The Kier molecular flexibility index (Phi) is 5.76. The van der Waals surface area contributed by atoms with E-state index in [1.165, 1.54) is 6.08 Å². The van der Waals surface area contributed by atoms with Crippen LogP contribution < -0.4 is 10.6 Å². The van der Waals surface area contributed by atoms with Crippen molar-refractivity contribution in [3.05, 3.63) is 56.7 Å². The number of benzene rings is 1. The lowest BCUT2D eigenvalue weighted by atomic mass is 10.3. The van der Waals surface area contributed by atoms with Gasteiger partial charge in [0.15, 0.2) is 5.11 Å². The number of thiophene rings is 1. The normalized spacial score (nSPS) is 10.6. The van der Waals surface area contributed by atoms with Crippen LogP contribution in [0.2, 0.25) is 10.0 Å². The summed E-state index contributed by atoms with van der Waals surface area (Å²) in [7, 11) is 0. The van der Waals surface area contributed by atoms with Gasteiger partial charge in [-0.15, -0.1) is 11.3 Å². The molecule has 21 heavy (non-hydrogen) atoms. The quantitative estimate of drug-likeness (QED) is 0.624. The van der Waals surface area contributed by atoms with Crippen LogP contribution in [0, 0.1) is 0 Å². The topological polar surface area (TPSA) is 41.1 Å². The van der Waals surface area contributed by atoms with Crippen LogP contribution in [0.15, 0.2) is 41.8 Å². The van der Waals surface area contributed by atoms with Crippen molar-refractivity contribution in [1.82, 2.24) is 5.32 Å². The van der Waals surface area contributed by atoms with E-state index in [4.69, 9.17) is 35.4 Å². The van der Waals surface area contributed by atoms with Crippen LogP contribution in [0.3, 0.4) is 0 Å². The van der Waals surface area contributed by atoms with Crippen molar-refractivity contribution >= 4 is 69.5 Å². The second kappa shape index (κ2) is 7.56. The van der Waals surface area contributed by atoms with Crippen molar-refractivity contribution in [1.29, 1.82) is 0 Å². The molecule has 0 spiro atoms. The van der Waals surface area contributed by atoms with Gasteiger partial charge in [0.1, 0.15) is 0 Å². The Morgan fingerprint density at radius 2 is 2.10 bits per heavy atom. The van der Waals surface area contributed by atoms with Gasteiger partial charge in [0.25, 0.3) is 0 Å². The van der Waals surface area contributed by atoms with Crippen LogP contribution >= 0.6 is 46.8 Å². The summed E-state index contributed by atoms with van der Waals surface area (Å²) in [5, 5.41) is 8.43. The number of hydrogen-bond donors (Lipinski definition) is 2. The standard InChI is InChI=1S/C14H10Cl2N2OS2/c15-9-3-5-12(11(16)8-9)17-14(20)18-13(19)6-4-10-2-1-7-21-10/h1-8H,(H2,17,18,19,20). The first kappa shape index (κ1) is 16.0. The second-order valence-electron chi connectivity index (χ2n) is 3.92. The predicted octanol–water partition coefficient (Wildman–Crippen LogP) is 4.58. The number of amides is 1. The van der Waals surface area contributed by atoms with Crippen LogP contribution in [0.5, 0.6) is 0 Å². The minimum Gasteiger partial charge on any atom is -0.331 e. The van der Waals surface area contributed by atoms with Gasteiger partial charge in [0, 0.05) is 16.0 Å². The first-order valence-corrected chi connectivity index (χ1v) is 7.87. The van der Waals surface area contributed by atoms with Crippen LogP contribution in [-0.2, 0) is 4.79 Å². The highest BCUT2D eigenvalue weighted by molar-refractivity contribution is 7.80. The largest absolute Gasteiger partial charge is 0.331 e. The maximum absolute atomic E-state index is 11.7. The molecule has 2 rings (SSSR count). The molecule has 0 aliphatic heterocycles. The van der Waals surface area contributed by atoms with E-state index in [1.54, 1.807) is 35.6 Å². The Morgan fingerprint density at radius 1 is 1.29 bits per heavy atom. The third kappa shape index (κ3) is 5.13. The lowest BCUT2D eigenvalue weighted by molar-refractivity contribution is -0.115. The van der Waals surface area contributed by atoms with Crippen LogP contribution in [-0.4, -0.2) is 11.0 Å². The molecule has 0 atom stereocenters. The number of carbonyl (C=O) groups excluding carboxylic acids is 1. The highest BCUT2D eigenvalue weighted by atomic mass is 35.5. The van der Waals surface area contributed by atoms with E-state index in [-0.39, 0.29) is 11.0 Å². The van der Waals surface area contributed by atoms with E-state index < -0.39 is 0 Å². The molecule has 0 aliphatic rings. The average Bonchev–Trinajstić information content (AvgIpc) is 2.93. The van der Waals surface area contributed by atoms with Gasteiger partial charge in [-0.1, -0.05) is 29.3 Å². The predicted molar refractivity (Wildman–Crippen MR) is 94.2 cm³/mol. The fourth-order valence-electron chi connectivity index (χ4n) is 1.44. The number of thiocarbonyl (C=S) groups is 1. The monoisotopic (exact) mass is 356 g/mol. The molecule has 0 saturated heterocycles. The van der Waals surface area contributed by atoms with Crippen LogP contribution in [0.25, 0.3) is 6.08 Å². The number of anilines is 1. The Balaban J connectivity index is 1.90. The minimum absolute atomic E-state index is 0.167. The maximum atomic E-state index is 11.7. The number of rotatable bonds is 3. The molecule has 2 aromatic rings. The molecule has 108 valence electrons. The summed E-state index contributed by atoms with van der Waals surface area (Å²) in [5.41, 5.74) is 0.577. The Bertz CT molecular complexity index is 684. The third-order valence-electron chi connectivity index (χ3n) is 2.36. The van der Waals surface area contributed by atoms with E-state index in [2.05, 4.69) is 10.6 Å². The lowest BCUT2D eigenvalue weighted by Gasteiger charge is -2.09. The Labute approximate surface area is 141 Å². The minimum atomic E-state index is -0.314. The van der Waals surface area contributed by atoms with Crippen molar-refractivity contribution in [3.8, 4) is 0 Å². The van der Waals surface area contributed by atoms with Crippen molar-refractivity contribution in [3.63, 3.8) is 0 Å². The SMILES string of the molecule is O=C(C=Cc1cccs1)NC(=S)Nc1ccc(Cl)cc1Cl. The van der Waals surface area contributed by atoms with E-state index in [1.807, 2.05) is 17.5 Å². The second-order valence-corrected chi connectivity index (χ2v) is 6.15. The molecule has 2 N–H and O–H groups in total. The molecule has 0 aliphatic carbocycles. The van der Waals surface area contributed by atoms with E-state index in [0.717, 1.165) is 4.88 Å². The summed E-state index contributed by atoms with van der Waals surface area (Å²) in [5.74, 6) is -0.314. The Hall–Kier alpha value is -1.40. The molecule has 0 bridgehead atoms. The van der Waals surface area contributed by atoms with Crippen molar-refractivity contribution in [2.24, 2.45) is 0 Å². The van der Waals surface area contributed by atoms with Gasteiger partial charge < -0.3 is 5.32 Å². The molecule has 1 heterocycles. The molecule has 0 radical (unpaired) electrons. The van der Waals surface area contributed by atoms with E-state index >= 15 is 0 Å². The van der Waals surface area contributed by atoms with Crippen molar-refractivity contribution in [2.75, 3.05) is 5.32 Å². The van der Waals surface area contributed by atoms with Gasteiger partial charge in [-0.2, -0.15) is 0 Å². The molecule has 1 aromatic carbocycles. The summed E-state index contributed by atoms with van der Waals surface area (Å²) < 4.78 is 0. The fraction of sp³-hybridized carbons (Fsp3) is 0. The molecule has 7 heteroatoms. The number of hydrogen-bond acceptors (Lipinski definition) is 3. The zero-order chi connectivity index (χ0) is 15.2. The smallest absolute Gasteiger partial charge is 0.250 e. The Morgan fingerprint density at radius 3 is 2.76 bits per heavy atom. The summed E-state index contributed by atoms with van der Waals surface area (Å²) >= 11 is 18.4. The molecule has 1 amide bonds. The molecule has 1 aromatic heterocycles. The van der Waals surface area contributed by atoms with Crippen LogP contribution in [0.4, 0.5) is 5.69 Å². The summed E-state index contributed by atoms with van der Waals surface area (Å²) in [6.45, 7) is 0. The molecule has 3 nitrogen and oxygen atoms in total. The summed E-state index contributed by atoms with van der Waals surface area (Å²) in [4.78, 5) is 12.7. The zero-order valence-corrected chi connectivity index (χ0v) is 13.7. The number of carbonyl (C=O) groups is 1. The van der Waals surface area contributed by atoms with E-state index in [0.29, 0.717) is 15.7 Å². The highest BCUT2D eigenvalue weighted by Crippen LogP contribution is 2.25. The molecule has 0 saturated carbocycles.